The van der Waals surface area contributed by atoms with Crippen LogP contribution in [0.2, 0.25) is 0 Å². The number of hydrogen-bond donors (Lipinski definition) is 0. The third-order valence-electron chi connectivity index (χ3n) is 4.83. The van der Waals surface area contributed by atoms with Crippen molar-refractivity contribution >= 4 is 23.5 Å². The van der Waals surface area contributed by atoms with Gasteiger partial charge in [0.2, 0.25) is 0 Å². The monoisotopic (exact) mass is 338 g/mol. The van der Waals surface area contributed by atoms with E-state index in [4.69, 9.17) is 4.74 Å². The van der Waals surface area contributed by atoms with Gasteiger partial charge in [0.15, 0.2) is 11.0 Å². The third kappa shape index (κ3) is 2.65. The number of aryl methyl sites for hydroxylation is 1. The maximum Gasteiger partial charge on any atom is 0.327 e. The second kappa shape index (κ2) is 6.10. The Labute approximate surface area is 145 Å². The van der Waals surface area contributed by atoms with E-state index in [0.29, 0.717) is 18.6 Å². The smallest absolute Gasteiger partial charge is 0.327 e. The molecule has 2 atom stereocenters. The van der Waals surface area contributed by atoms with E-state index in [1.54, 1.807) is 0 Å². The molecule has 1 fully saturated rings. The van der Waals surface area contributed by atoms with Gasteiger partial charge >= 0.3 is 5.97 Å². The summed E-state index contributed by atoms with van der Waals surface area (Å²) >= 11 is 1.37. The van der Waals surface area contributed by atoms with Crippen LogP contribution in [-0.4, -0.2) is 17.0 Å². The number of rotatable bonds is 3. The number of Topliss-reactive ketones (excluding diaryl/α,β-unsaturated/α-hetero) is 1. The third-order valence-corrected chi connectivity index (χ3v) is 6.12. The molecule has 1 saturated heterocycles. The quantitative estimate of drug-likeness (QED) is 0.633. The van der Waals surface area contributed by atoms with Crippen LogP contribution < -0.4 is 0 Å². The molecule has 1 heterocycles. The molecular weight excluding hydrogens is 320 g/mol. The van der Waals surface area contributed by atoms with Crippen molar-refractivity contribution in [1.82, 2.24) is 0 Å². The lowest BCUT2D eigenvalue weighted by Gasteiger charge is -2.36. The first-order valence-electron chi connectivity index (χ1n) is 8.17. The summed E-state index contributed by atoms with van der Waals surface area (Å²) in [4.78, 5) is 25.2. The van der Waals surface area contributed by atoms with E-state index in [0.717, 1.165) is 17.5 Å². The molecular formula is C20H18O3S. The second-order valence-corrected chi connectivity index (χ2v) is 7.49. The molecule has 1 spiro atoms. The van der Waals surface area contributed by atoms with Crippen LogP contribution in [0.15, 0.2) is 54.6 Å². The van der Waals surface area contributed by atoms with Crippen molar-refractivity contribution < 1.29 is 14.3 Å². The standard InChI is InChI=1S/C20H18O3S/c21-17-12-20(11-10-15-8-4-5-9-16(15)20)23-19(22)18(17)24-13-14-6-2-1-3-7-14/h1-9,18H,10-13H2. The van der Waals surface area contributed by atoms with Crippen LogP contribution in [0.3, 0.4) is 0 Å². The molecule has 4 rings (SSSR count). The number of carbonyl (C=O) groups is 2. The molecule has 2 aromatic rings. The number of ether oxygens (including phenoxy) is 1. The van der Waals surface area contributed by atoms with Gasteiger partial charge in [0.25, 0.3) is 0 Å². The van der Waals surface area contributed by atoms with E-state index in [9.17, 15) is 9.59 Å². The maximum absolute atomic E-state index is 12.7. The van der Waals surface area contributed by atoms with Gasteiger partial charge in [-0.1, -0.05) is 54.6 Å². The molecule has 2 aliphatic rings. The van der Waals surface area contributed by atoms with E-state index < -0.39 is 10.9 Å². The fraction of sp³-hybridized carbons (Fsp3) is 0.300. The zero-order chi connectivity index (χ0) is 16.6. The summed E-state index contributed by atoms with van der Waals surface area (Å²) < 4.78 is 5.85. The maximum atomic E-state index is 12.7. The molecule has 0 N–H and O–H groups in total. The van der Waals surface area contributed by atoms with Gasteiger partial charge in [-0.15, -0.1) is 11.8 Å². The number of hydrogen-bond acceptors (Lipinski definition) is 4. The molecule has 2 aromatic carbocycles. The molecule has 2 unspecified atom stereocenters. The van der Waals surface area contributed by atoms with Crippen LogP contribution in [0.4, 0.5) is 0 Å². The Bertz CT molecular complexity index is 766. The predicted octanol–water partition coefficient (Wildman–Crippen LogP) is 3.65. The highest BCUT2D eigenvalue weighted by atomic mass is 32.2. The van der Waals surface area contributed by atoms with Crippen molar-refractivity contribution in [2.45, 2.75) is 35.9 Å². The Balaban J connectivity index is 1.51. The molecule has 3 nitrogen and oxygen atoms in total. The summed E-state index contributed by atoms with van der Waals surface area (Å²) in [5, 5.41) is -0.705. The molecule has 122 valence electrons. The topological polar surface area (TPSA) is 43.4 Å². The number of carbonyl (C=O) groups excluding carboxylic acids is 2. The number of ketones is 1. The summed E-state index contributed by atoms with van der Waals surface area (Å²) in [7, 11) is 0. The van der Waals surface area contributed by atoms with Crippen molar-refractivity contribution in [3.8, 4) is 0 Å². The molecule has 0 radical (unpaired) electrons. The van der Waals surface area contributed by atoms with Crippen LogP contribution in [0.1, 0.15) is 29.5 Å². The lowest BCUT2D eigenvalue weighted by atomic mass is 9.87. The Morgan fingerprint density at radius 3 is 2.58 bits per heavy atom. The largest absolute Gasteiger partial charge is 0.453 e. The van der Waals surface area contributed by atoms with Crippen molar-refractivity contribution in [3.05, 3.63) is 71.3 Å². The van der Waals surface area contributed by atoms with Gasteiger partial charge in [-0.3, -0.25) is 9.59 Å². The normalized spacial score (nSPS) is 25.6. The Hall–Kier alpha value is -2.07. The van der Waals surface area contributed by atoms with Crippen LogP contribution in [0.25, 0.3) is 0 Å². The Kier molecular flexibility index (Phi) is 3.93. The number of fused-ring (bicyclic) bond motifs is 2. The van der Waals surface area contributed by atoms with Gasteiger partial charge in [0.05, 0.1) is 6.42 Å². The van der Waals surface area contributed by atoms with E-state index in [1.165, 1.54) is 17.3 Å². The van der Waals surface area contributed by atoms with Crippen LogP contribution in [0, 0.1) is 0 Å². The molecule has 1 aliphatic carbocycles. The van der Waals surface area contributed by atoms with Crippen molar-refractivity contribution in [2.24, 2.45) is 0 Å². The molecule has 0 bridgehead atoms. The van der Waals surface area contributed by atoms with Gasteiger partial charge in [0.1, 0.15) is 5.60 Å². The number of benzene rings is 2. The van der Waals surface area contributed by atoms with E-state index in [1.807, 2.05) is 48.5 Å². The fourth-order valence-corrected chi connectivity index (χ4v) is 4.65. The second-order valence-electron chi connectivity index (χ2n) is 6.39. The first kappa shape index (κ1) is 15.5. The predicted molar refractivity (Wildman–Crippen MR) is 93.7 cm³/mol. The fourth-order valence-electron chi connectivity index (χ4n) is 3.65. The molecule has 24 heavy (non-hydrogen) atoms. The average Bonchev–Trinajstić information content (AvgIpc) is 2.93. The highest BCUT2D eigenvalue weighted by Gasteiger charge is 2.50. The van der Waals surface area contributed by atoms with Crippen LogP contribution in [0.5, 0.6) is 0 Å². The van der Waals surface area contributed by atoms with Crippen molar-refractivity contribution in [3.63, 3.8) is 0 Å². The van der Waals surface area contributed by atoms with Gasteiger partial charge in [-0.05, 0) is 29.5 Å². The van der Waals surface area contributed by atoms with Crippen LogP contribution in [-0.2, 0) is 32.1 Å². The summed E-state index contributed by atoms with van der Waals surface area (Å²) in [6.45, 7) is 0. The first-order chi connectivity index (χ1) is 11.7. The minimum atomic E-state index is -0.728. The Morgan fingerprint density at radius 1 is 1.04 bits per heavy atom. The zero-order valence-corrected chi connectivity index (χ0v) is 14.1. The summed E-state index contributed by atoms with van der Waals surface area (Å²) in [6.07, 6.45) is 1.86. The summed E-state index contributed by atoms with van der Waals surface area (Å²) in [6, 6.07) is 17.8. The SMILES string of the molecule is O=C1CC2(CCc3ccccc32)OC(=O)C1SCc1ccccc1. The Morgan fingerprint density at radius 2 is 1.79 bits per heavy atom. The molecule has 1 aliphatic heterocycles. The number of thioether (sulfide) groups is 1. The molecule has 4 heteroatoms. The van der Waals surface area contributed by atoms with E-state index >= 15 is 0 Å². The van der Waals surface area contributed by atoms with Crippen molar-refractivity contribution in [2.75, 3.05) is 0 Å². The van der Waals surface area contributed by atoms with Gasteiger partial charge in [0, 0.05) is 5.75 Å². The molecule has 0 saturated carbocycles. The molecule has 0 amide bonds. The van der Waals surface area contributed by atoms with Crippen molar-refractivity contribution in [1.29, 1.82) is 0 Å². The zero-order valence-electron chi connectivity index (χ0n) is 13.2. The molecule has 0 aromatic heterocycles. The summed E-state index contributed by atoms with van der Waals surface area (Å²) in [5.74, 6) is 0.239. The highest BCUT2D eigenvalue weighted by Crippen LogP contribution is 2.46. The van der Waals surface area contributed by atoms with E-state index in [-0.39, 0.29) is 11.8 Å². The van der Waals surface area contributed by atoms with Crippen LogP contribution >= 0.6 is 11.8 Å². The average molecular weight is 338 g/mol. The highest BCUT2D eigenvalue weighted by molar-refractivity contribution is 8.00. The lowest BCUT2D eigenvalue weighted by Crippen LogP contribution is -2.46. The number of esters is 1. The summed E-state index contributed by atoms with van der Waals surface area (Å²) in [5.41, 5.74) is 2.58. The first-order valence-corrected chi connectivity index (χ1v) is 9.22. The van der Waals surface area contributed by atoms with Gasteiger partial charge in [-0.25, -0.2) is 0 Å². The van der Waals surface area contributed by atoms with Gasteiger partial charge in [-0.2, -0.15) is 0 Å². The minimum absolute atomic E-state index is 0.0103. The van der Waals surface area contributed by atoms with Gasteiger partial charge < -0.3 is 4.74 Å². The van der Waals surface area contributed by atoms with E-state index in [2.05, 4.69) is 6.07 Å². The minimum Gasteiger partial charge on any atom is -0.453 e. The lowest BCUT2D eigenvalue weighted by molar-refractivity contribution is -0.170.